The van der Waals surface area contributed by atoms with E-state index in [-0.39, 0.29) is 23.9 Å². The fraction of sp³-hybridized carbons (Fsp3) is 0.625. The zero-order valence-electron chi connectivity index (χ0n) is 12.4. The molecule has 1 fully saturated rings. The largest absolute Gasteiger partial charge is 0.497 e. The van der Waals surface area contributed by atoms with Gasteiger partial charge in [-0.15, -0.1) is 0 Å². The van der Waals surface area contributed by atoms with Gasteiger partial charge in [0.1, 0.15) is 17.1 Å². The summed E-state index contributed by atoms with van der Waals surface area (Å²) in [6.07, 6.45) is 3.05. The van der Waals surface area contributed by atoms with Crippen molar-refractivity contribution < 1.29 is 14.2 Å². The highest BCUT2D eigenvalue weighted by Gasteiger charge is 2.45. The SMILES string of the molecule is COc1ccc2c(c1)OC1(CC(C)OC(C)C1)CC2N. The minimum absolute atomic E-state index is 0.0159. The molecule has 2 aliphatic heterocycles. The summed E-state index contributed by atoms with van der Waals surface area (Å²) in [5, 5.41) is 0. The molecule has 0 bridgehead atoms. The first-order valence-corrected chi connectivity index (χ1v) is 7.29. The Kier molecular flexibility index (Phi) is 3.38. The number of nitrogens with two attached hydrogens (primary N) is 1. The lowest BCUT2D eigenvalue weighted by Gasteiger charge is -2.47. The zero-order chi connectivity index (χ0) is 14.3. The van der Waals surface area contributed by atoms with Crippen LogP contribution in [0.1, 0.15) is 44.7 Å². The van der Waals surface area contributed by atoms with Gasteiger partial charge in [0.15, 0.2) is 0 Å². The topological polar surface area (TPSA) is 53.7 Å². The van der Waals surface area contributed by atoms with Crippen LogP contribution in [0.4, 0.5) is 0 Å². The van der Waals surface area contributed by atoms with Crippen LogP contribution in [0.5, 0.6) is 11.5 Å². The van der Waals surface area contributed by atoms with Crippen LogP contribution in [-0.2, 0) is 4.74 Å². The molecule has 110 valence electrons. The molecular formula is C16H23NO3. The first-order chi connectivity index (χ1) is 9.51. The Morgan fingerprint density at radius 2 is 1.90 bits per heavy atom. The van der Waals surface area contributed by atoms with Gasteiger partial charge in [-0.05, 0) is 19.9 Å². The second-order valence-electron chi connectivity index (χ2n) is 6.17. The molecular weight excluding hydrogens is 254 g/mol. The van der Waals surface area contributed by atoms with Gasteiger partial charge in [0.25, 0.3) is 0 Å². The van der Waals surface area contributed by atoms with Gasteiger partial charge in [-0.1, -0.05) is 6.07 Å². The Hall–Kier alpha value is -1.26. The van der Waals surface area contributed by atoms with Crippen molar-refractivity contribution >= 4 is 0 Å². The molecule has 2 aliphatic rings. The maximum absolute atomic E-state index is 6.37. The van der Waals surface area contributed by atoms with Crippen LogP contribution in [0, 0.1) is 0 Å². The number of hydrogen-bond donors (Lipinski definition) is 1. The Morgan fingerprint density at radius 3 is 2.55 bits per heavy atom. The van der Waals surface area contributed by atoms with Crippen LogP contribution in [0.3, 0.4) is 0 Å². The molecule has 1 saturated heterocycles. The lowest BCUT2D eigenvalue weighted by Crippen LogP contribution is -2.51. The van der Waals surface area contributed by atoms with Gasteiger partial charge in [0.2, 0.25) is 0 Å². The minimum Gasteiger partial charge on any atom is -0.497 e. The molecule has 2 heterocycles. The first kappa shape index (κ1) is 13.7. The molecule has 4 nitrogen and oxygen atoms in total. The third-order valence-corrected chi connectivity index (χ3v) is 4.32. The Bertz CT molecular complexity index is 492. The van der Waals surface area contributed by atoms with Crippen molar-refractivity contribution in [2.75, 3.05) is 7.11 Å². The fourth-order valence-electron chi connectivity index (χ4n) is 3.70. The number of ether oxygens (including phenoxy) is 3. The van der Waals surface area contributed by atoms with E-state index in [1.165, 1.54) is 0 Å². The predicted molar refractivity (Wildman–Crippen MR) is 77.1 cm³/mol. The summed E-state index contributed by atoms with van der Waals surface area (Å²) in [6, 6.07) is 5.91. The van der Waals surface area contributed by atoms with E-state index in [0.29, 0.717) is 0 Å². The second-order valence-corrected chi connectivity index (χ2v) is 6.17. The van der Waals surface area contributed by atoms with E-state index in [1.54, 1.807) is 7.11 Å². The average molecular weight is 277 g/mol. The van der Waals surface area contributed by atoms with Crippen molar-refractivity contribution in [1.29, 1.82) is 0 Å². The normalized spacial score (nSPS) is 36.3. The van der Waals surface area contributed by atoms with Crippen molar-refractivity contribution in [2.45, 2.75) is 57.0 Å². The first-order valence-electron chi connectivity index (χ1n) is 7.29. The Labute approximate surface area is 120 Å². The van der Waals surface area contributed by atoms with Crippen LogP contribution >= 0.6 is 0 Å². The highest BCUT2D eigenvalue weighted by atomic mass is 16.5. The molecule has 0 aromatic heterocycles. The standard InChI is InChI=1S/C16H23NO3/c1-10-7-16(8-11(2)19-10)9-14(17)13-5-4-12(18-3)6-15(13)20-16/h4-6,10-11,14H,7-9,17H2,1-3H3. The molecule has 20 heavy (non-hydrogen) atoms. The minimum atomic E-state index is -0.199. The molecule has 2 N–H and O–H groups in total. The summed E-state index contributed by atoms with van der Waals surface area (Å²) in [7, 11) is 1.67. The van der Waals surface area contributed by atoms with Gasteiger partial charge in [-0.25, -0.2) is 0 Å². The van der Waals surface area contributed by atoms with Crippen molar-refractivity contribution in [3.63, 3.8) is 0 Å². The van der Waals surface area contributed by atoms with E-state index in [0.717, 1.165) is 36.3 Å². The van der Waals surface area contributed by atoms with E-state index in [4.69, 9.17) is 19.9 Å². The van der Waals surface area contributed by atoms with E-state index in [9.17, 15) is 0 Å². The van der Waals surface area contributed by atoms with E-state index in [2.05, 4.69) is 13.8 Å². The second kappa shape index (κ2) is 4.93. The third kappa shape index (κ3) is 2.38. The monoisotopic (exact) mass is 277 g/mol. The van der Waals surface area contributed by atoms with E-state index < -0.39 is 0 Å². The Morgan fingerprint density at radius 1 is 1.20 bits per heavy atom. The van der Waals surface area contributed by atoms with Crippen LogP contribution in [0.25, 0.3) is 0 Å². The number of hydrogen-bond acceptors (Lipinski definition) is 4. The highest BCUT2D eigenvalue weighted by Crippen LogP contribution is 2.46. The van der Waals surface area contributed by atoms with Crippen LogP contribution in [0.2, 0.25) is 0 Å². The van der Waals surface area contributed by atoms with Crippen LogP contribution in [-0.4, -0.2) is 24.9 Å². The van der Waals surface area contributed by atoms with E-state index >= 15 is 0 Å². The molecule has 4 heteroatoms. The Balaban J connectivity index is 1.94. The molecule has 0 aliphatic carbocycles. The maximum atomic E-state index is 6.37. The third-order valence-electron chi connectivity index (χ3n) is 4.32. The number of rotatable bonds is 1. The summed E-state index contributed by atoms with van der Waals surface area (Å²) in [6.45, 7) is 4.21. The summed E-state index contributed by atoms with van der Waals surface area (Å²) < 4.78 is 17.5. The predicted octanol–water partition coefficient (Wildman–Crippen LogP) is 2.80. The van der Waals surface area contributed by atoms with Gasteiger partial charge >= 0.3 is 0 Å². The molecule has 0 radical (unpaired) electrons. The number of fused-ring (bicyclic) bond motifs is 1. The van der Waals surface area contributed by atoms with Crippen molar-refractivity contribution in [3.8, 4) is 11.5 Å². The highest BCUT2D eigenvalue weighted by molar-refractivity contribution is 5.44. The fourth-order valence-corrected chi connectivity index (χ4v) is 3.70. The summed E-state index contributed by atoms with van der Waals surface area (Å²) in [4.78, 5) is 0. The zero-order valence-corrected chi connectivity index (χ0v) is 12.4. The molecule has 3 atom stereocenters. The summed E-state index contributed by atoms with van der Waals surface area (Å²) in [5.41, 5.74) is 7.25. The van der Waals surface area contributed by atoms with Gasteiger partial charge in [-0.3, -0.25) is 0 Å². The summed E-state index contributed by atoms with van der Waals surface area (Å²) >= 11 is 0. The molecule has 1 aromatic rings. The lowest BCUT2D eigenvalue weighted by atomic mass is 9.79. The van der Waals surface area contributed by atoms with Crippen LogP contribution in [0.15, 0.2) is 18.2 Å². The van der Waals surface area contributed by atoms with Gasteiger partial charge in [-0.2, -0.15) is 0 Å². The van der Waals surface area contributed by atoms with Crippen LogP contribution < -0.4 is 15.2 Å². The smallest absolute Gasteiger partial charge is 0.128 e. The van der Waals surface area contributed by atoms with Gasteiger partial charge in [0.05, 0.1) is 19.3 Å². The average Bonchev–Trinajstić information content (AvgIpc) is 2.36. The van der Waals surface area contributed by atoms with Crippen molar-refractivity contribution in [1.82, 2.24) is 0 Å². The molecule has 0 saturated carbocycles. The van der Waals surface area contributed by atoms with Gasteiger partial charge in [0, 0.05) is 36.9 Å². The lowest BCUT2D eigenvalue weighted by molar-refractivity contribution is -0.129. The van der Waals surface area contributed by atoms with Crippen molar-refractivity contribution in [2.24, 2.45) is 5.73 Å². The number of methoxy groups -OCH3 is 1. The molecule has 1 aromatic carbocycles. The molecule has 1 spiro atoms. The van der Waals surface area contributed by atoms with E-state index in [1.807, 2.05) is 18.2 Å². The molecule has 3 rings (SSSR count). The number of benzene rings is 1. The molecule has 3 unspecified atom stereocenters. The quantitative estimate of drug-likeness (QED) is 0.857. The maximum Gasteiger partial charge on any atom is 0.128 e. The van der Waals surface area contributed by atoms with Crippen molar-refractivity contribution in [3.05, 3.63) is 23.8 Å². The summed E-state index contributed by atoms with van der Waals surface area (Å²) in [5.74, 6) is 1.67. The molecule has 0 amide bonds. The van der Waals surface area contributed by atoms with Gasteiger partial charge < -0.3 is 19.9 Å².